The van der Waals surface area contributed by atoms with Crippen molar-refractivity contribution in [3.8, 4) is 0 Å². The van der Waals surface area contributed by atoms with Crippen molar-refractivity contribution in [3.63, 3.8) is 0 Å². The summed E-state index contributed by atoms with van der Waals surface area (Å²) in [4.78, 5) is 36.6. The molecule has 0 unspecified atom stereocenters. The number of hydrogen-bond acceptors (Lipinski definition) is 3. The molecule has 0 aliphatic rings. The van der Waals surface area contributed by atoms with Crippen molar-refractivity contribution >= 4 is 17.7 Å². The highest BCUT2D eigenvalue weighted by molar-refractivity contribution is 5.87. The number of hydrogen-bond donors (Lipinski definition) is 3. The zero-order valence-corrected chi connectivity index (χ0v) is 21.1. The molecule has 0 fully saturated rings. The van der Waals surface area contributed by atoms with E-state index in [2.05, 4.69) is 50.6 Å². The van der Waals surface area contributed by atoms with Gasteiger partial charge in [-0.15, -0.1) is 0 Å². The van der Waals surface area contributed by atoms with Gasteiger partial charge in [0.05, 0.1) is 0 Å². The molecule has 1 atom stereocenters. The first kappa shape index (κ1) is 29.4. The van der Waals surface area contributed by atoms with Gasteiger partial charge >= 0.3 is 0 Å². The molecule has 3 N–H and O–H groups in total. The minimum atomic E-state index is -0.459. The fraction of sp³-hybridized carbons (Fsp3) is 0.880. The third-order valence-electron chi connectivity index (χ3n) is 5.23. The molecule has 0 rings (SSSR count). The van der Waals surface area contributed by atoms with Gasteiger partial charge in [-0.3, -0.25) is 14.4 Å². The van der Waals surface area contributed by atoms with E-state index < -0.39 is 6.04 Å². The van der Waals surface area contributed by atoms with E-state index in [4.69, 9.17) is 0 Å². The lowest BCUT2D eigenvalue weighted by atomic mass is 9.90. The predicted octanol–water partition coefficient (Wildman–Crippen LogP) is 4.72. The lowest BCUT2D eigenvalue weighted by Crippen LogP contribution is -2.47. The van der Waals surface area contributed by atoms with Crippen LogP contribution in [0, 0.1) is 11.3 Å². The molecule has 0 aromatic carbocycles. The average molecular weight is 440 g/mol. The van der Waals surface area contributed by atoms with E-state index in [9.17, 15) is 14.4 Å². The second-order valence-corrected chi connectivity index (χ2v) is 10.3. The van der Waals surface area contributed by atoms with Crippen LogP contribution < -0.4 is 16.0 Å². The number of carbonyl (C=O) groups is 3. The van der Waals surface area contributed by atoms with Crippen molar-refractivity contribution in [1.29, 1.82) is 0 Å². The lowest BCUT2D eigenvalue weighted by Gasteiger charge is -2.21. The fourth-order valence-electron chi connectivity index (χ4n) is 3.20. The second-order valence-electron chi connectivity index (χ2n) is 10.3. The highest BCUT2D eigenvalue weighted by Gasteiger charge is 2.21. The van der Waals surface area contributed by atoms with Crippen molar-refractivity contribution in [3.05, 3.63) is 0 Å². The molecule has 0 aliphatic heterocycles. The van der Waals surface area contributed by atoms with E-state index in [1.165, 1.54) is 0 Å². The maximum atomic E-state index is 12.7. The van der Waals surface area contributed by atoms with Crippen LogP contribution in [-0.2, 0) is 14.4 Å². The number of nitrogens with one attached hydrogen (secondary N) is 3. The molecule has 0 radical (unpaired) electrons. The standard InChI is InChI=1S/C25H49N3O3/c1-7-18-26-22(29)15-9-8-12-19-27-24(31)21(14-11-10-13-20(2)3)28-23(30)16-17-25(4,5)6/h20-21H,7-19H2,1-6H3,(H,26,29)(H,27,31)(H,28,30)/t21-/m0/s1. The summed E-state index contributed by atoms with van der Waals surface area (Å²) in [7, 11) is 0. The normalized spacial score (nSPS) is 12.5. The Morgan fingerprint density at radius 3 is 2.06 bits per heavy atom. The summed E-state index contributed by atoms with van der Waals surface area (Å²) in [6.07, 6.45) is 9.11. The Labute approximate surface area is 191 Å². The molecule has 0 heterocycles. The SMILES string of the molecule is CCCNC(=O)CCCCCNC(=O)[C@H](CCCCC(C)C)NC(=O)CCC(C)(C)C. The van der Waals surface area contributed by atoms with Crippen LogP contribution in [0.25, 0.3) is 0 Å². The summed E-state index contributed by atoms with van der Waals surface area (Å²) in [5.41, 5.74) is 0.0970. The van der Waals surface area contributed by atoms with Gasteiger partial charge in [0, 0.05) is 25.9 Å². The molecule has 0 aromatic heterocycles. The second kappa shape index (κ2) is 17.0. The first-order chi connectivity index (χ1) is 14.5. The van der Waals surface area contributed by atoms with E-state index in [1.807, 2.05) is 6.92 Å². The molecule has 0 spiro atoms. The van der Waals surface area contributed by atoms with E-state index in [0.29, 0.717) is 31.7 Å². The summed E-state index contributed by atoms with van der Waals surface area (Å²) in [5.74, 6) is 0.620. The number of unbranched alkanes of at least 4 members (excludes halogenated alkanes) is 3. The largest absolute Gasteiger partial charge is 0.356 e. The molecule has 3 amide bonds. The molecule has 6 heteroatoms. The minimum absolute atomic E-state index is 0.0444. The molecule has 0 aliphatic carbocycles. The van der Waals surface area contributed by atoms with Gasteiger partial charge in [-0.2, -0.15) is 0 Å². The summed E-state index contributed by atoms with van der Waals surface area (Å²) in [5, 5.41) is 8.81. The maximum absolute atomic E-state index is 12.7. The first-order valence-electron chi connectivity index (χ1n) is 12.4. The predicted molar refractivity (Wildman–Crippen MR) is 129 cm³/mol. The van der Waals surface area contributed by atoms with Crippen molar-refractivity contribution in [2.45, 2.75) is 118 Å². The number of amides is 3. The quantitative estimate of drug-likeness (QED) is 0.287. The lowest BCUT2D eigenvalue weighted by molar-refractivity contribution is -0.129. The maximum Gasteiger partial charge on any atom is 0.242 e. The van der Waals surface area contributed by atoms with Gasteiger partial charge in [-0.1, -0.05) is 67.2 Å². The molecule has 31 heavy (non-hydrogen) atoms. The van der Waals surface area contributed by atoms with Crippen LogP contribution in [0.4, 0.5) is 0 Å². The molecular weight excluding hydrogens is 390 g/mol. The van der Waals surface area contributed by atoms with Crippen LogP contribution in [0.1, 0.15) is 112 Å². The molecule has 0 aromatic rings. The summed E-state index contributed by atoms with van der Waals surface area (Å²) >= 11 is 0. The first-order valence-corrected chi connectivity index (χ1v) is 12.4. The smallest absolute Gasteiger partial charge is 0.242 e. The van der Waals surface area contributed by atoms with Gasteiger partial charge in [0.1, 0.15) is 6.04 Å². The van der Waals surface area contributed by atoms with Gasteiger partial charge in [0.2, 0.25) is 17.7 Å². The Balaban J connectivity index is 4.35. The fourth-order valence-corrected chi connectivity index (χ4v) is 3.20. The Bertz CT molecular complexity index is 513. The highest BCUT2D eigenvalue weighted by Crippen LogP contribution is 2.20. The van der Waals surface area contributed by atoms with Crippen LogP contribution in [-0.4, -0.2) is 36.9 Å². The Hall–Kier alpha value is -1.59. The average Bonchev–Trinajstić information content (AvgIpc) is 2.68. The molecule has 0 saturated carbocycles. The third-order valence-corrected chi connectivity index (χ3v) is 5.23. The van der Waals surface area contributed by atoms with E-state index >= 15 is 0 Å². The van der Waals surface area contributed by atoms with Gasteiger partial charge in [-0.25, -0.2) is 0 Å². The summed E-state index contributed by atoms with van der Waals surface area (Å²) in [6.45, 7) is 14.1. The summed E-state index contributed by atoms with van der Waals surface area (Å²) < 4.78 is 0. The topological polar surface area (TPSA) is 87.3 Å². The van der Waals surface area contributed by atoms with Crippen molar-refractivity contribution in [2.75, 3.05) is 13.1 Å². The molecule has 0 bridgehead atoms. The summed E-state index contributed by atoms with van der Waals surface area (Å²) in [6, 6.07) is -0.459. The van der Waals surface area contributed by atoms with E-state index in [-0.39, 0.29) is 23.1 Å². The number of carbonyl (C=O) groups excluding carboxylic acids is 3. The van der Waals surface area contributed by atoms with Crippen molar-refractivity contribution < 1.29 is 14.4 Å². The van der Waals surface area contributed by atoms with Gasteiger partial charge in [0.25, 0.3) is 0 Å². The van der Waals surface area contributed by atoms with Crippen molar-refractivity contribution in [2.24, 2.45) is 11.3 Å². The molecule has 182 valence electrons. The van der Waals surface area contributed by atoms with Gasteiger partial charge in [-0.05, 0) is 43.4 Å². The van der Waals surface area contributed by atoms with Crippen LogP contribution >= 0.6 is 0 Å². The van der Waals surface area contributed by atoms with Crippen LogP contribution in [0.2, 0.25) is 0 Å². The Kier molecular flexibility index (Phi) is 16.1. The zero-order chi connectivity index (χ0) is 23.7. The Morgan fingerprint density at radius 2 is 1.45 bits per heavy atom. The van der Waals surface area contributed by atoms with Crippen LogP contribution in [0.5, 0.6) is 0 Å². The van der Waals surface area contributed by atoms with Crippen LogP contribution in [0.15, 0.2) is 0 Å². The third kappa shape index (κ3) is 18.9. The molecule has 0 saturated heterocycles. The molecular formula is C25H49N3O3. The number of rotatable bonds is 17. The van der Waals surface area contributed by atoms with Gasteiger partial charge in [0.15, 0.2) is 0 Å². The van der Waals surface area contributed by atoms with Gasteiger partial charge < -0.3 is 16.0 Å². The molecule has 6 nitrogen and oxygen atoms in total. The minimum Gasteiger partial charge on any atom is -0.356 e. The Morgan fingerprint density at radius 1 is 0.774 bits per heavy atom. The highest BCUT2D eigenvalue weighted by atomic mass is 16.2. The van der Waals surface area contributed by atoms with Crippen molar-refractivity contribution in [1.82, 2.24) is 16.0 Å². The zero-order valence-electron chi connectivity index (χ0n) is 21.1. The van der Waals surface area contributed by atoms with Crippen LogP contribution in [0.3, 0.4) is 0 Å². The van der Waals surface area contributed by atoms with E-state index in [0.717, 1.165) is 57.9 Å². The monoisotopic (exact) mass is 439 g/mol. The van der Waals surface area contributed by atoms with E-state index in [1.54, 1.807) is 0 Å².